The average molecular weight is 236 g/mol. The molecular formula is C14H24N2O. The second-order valence-corrected chi connectivity index (χ2v) is 4.84. The molecule has 1 aromatic carbocycles. The van der Waals surface area contributed by atoms with E-state index in [1.807, 2.05) is 18.2 Å². The van der Waals surface area contributed by atoms with Crippen LogP contribution >= 0.6 is 0 Å². The van der Waals surface area contributed by atoms with E-state index in [1.54, 1.807) is 7.11 Å². The van der Waals surface area contributed by atoms with Gasteiger partial charge in [-0.05, 0) is 26.5 Å². The molecule has 0 saturated carbocycles. The number of hydrogen-bond acceptors (Lipinski definition) is 3. The summed E-state index contributed by atoms with van der Waals surface area (Å²) in [7, 11) is 1.71. The van der Waals surface area contributed by atoms with Crippen molar-refractivity contribution >= 4 is 0 Å². The smallest absolute Gasteiger partial charge is 0.123 e. The van der Waals surface area contributed by atoms with Gasteiger partial charge in [0.2, 0.25) is 0 Å². The maximum absolute atomic E-state index is 5.83. The number of nitrogens with zero attached hydrogens (tertiary/aromatic N) is 1. The van der Waals surface area contributed by atoms with Crippen LogP contribution in [0.1, 0.15) is 26.3 Å². The van der Waals surface area contributed by atoms with Gasteiger partial charge in [0.25, 0.3) is 0 Å². The van der Waals surface area contributed by atoms with E-state index in [4.69, 9.17) is 10.5 Å². The molecule has 0 atom stereocenters. The first-order valence-electron chi connectivity index (χ1n) is 6.12. The van der Waals surface area contributed by atoms with Gasteiger partial charge in [0.15, 0.2) is 0 Å². The first-order chi connectivity index (χ1) is 8.05. The third-order valence-electron chi connectivity index (χ3n) is 3.29. The highest BCUT2D eigenvalue weighted by atomic mass is 16.5. The van der Waals surface area contributed by atoms with Crippen molar-refractivity contribution in [1.29, 1.82) is 0 Å². The van der Waals surface area contributed by atoms with Crippen LogP contribution in [-0.4, -0.2) is 30.6 Å². The topological polar surface area (TPSA) is 38.5 Å². The highest BCUT2D eigenvalue weighted by Gasteiger charge is 2.24. The Labute approximate surface area is 105 Å². The number of benzene rings is 1. The Balaban J connectivity index is 2.88. The van der Waals surface area contributed by atoms with Crippen molar-refractivity contribution in [2.45, 2.75) is 32.9 Å². The number of likely N-dealkylation sites (N-methyl/N-ethyl adjacent to an activating group) is 1. The summed E-state index contributed by atoms with van der Waals surface area (Å²) in [5.74, 6) is 0.943. The fourth-order valence-corrected chi connectivity index (χ4v) is 1.92. The molecule has 0 amide bonds. The lowest BCUT2D eigenvalue weighted by atomic mass is 10.0. The van der Waals surface area contributed by atoms with E-state index in [0.29, 0.717) is 6.54 Å². The second-order valence-electron chi connectivity index (χ2n) is 4.84. The molecule has 0 aliphatic rings. The quantitative estimate of drug-likeness (QED) is 0.823. The molecule has 0 bridgehead atoms. The van der Waals surface area contributed by atoms with Crippen LogP contribution in [0.3, 0.4) is 0 Å². The Bertz CT molecular complexity index is 350. The van der Waals surface area contributed by atoms with Crippen molar-refractivity contribution in [3.05, 3.63) is 29.8 Å². The van der Waals surface area contributed by atoms with Gasteiger partial charge in [-0.2, -0.15) is 0 Å². The summed E-state index contributed by atoms with van der Waals surface area (Å²) >= 11 is 0. The van der Waals surface area contributed by atoms with E-state index in [1.165, 1.54) is 5.56 Å². The molecule has 3 heteroatoms. The first-order valence-corrected chi connectivity index (χ1v) is 6.12. The molecule has 0 unspecified atom stereocenters. The molecule has 3 nitrogen and oxygen atoms in total. The van der Waals surface area contributed by atoms with Gasteiger partial charge in [0, 0.05) is 24.2 Å². The summed E-state index contributed by atoms with van der Waals surface area (Å²) in [5, 5.41) is 0. The zero-order valence-electron chi connectivity index (χ0n) is 11.4. The number of methoxy groups -OCH3 is 1. The molecule has 1 aromatic rings. The lowest BCUT2D eigenvalue weighted by Gasteiger charge is -2.37. The van der Waals surface area contributed by atoms with Crippen molar-refractivity contribution in [1.82, 2.24) is 4.90 Å². The summed E-state index contributed by atoms with van der Waals surface area (Å²) in [4.78, 5) is 2.37. The minimum atomic E-state index is 0.00953. The third-order valence-corrected chi connectivity index (χ3v) is 3.29. The summed E-state index contributed by atoms with van der Waals surface area (Å²) in [6.07, 6.45) is 0. The van der Waals surface area contributed by atoms with E-state index >= 15 is 0 Å². The standard InChI is InChI=1S/C14H24N2O/c1-5-16(14(2,3)11-15)10-12-8-6-7-9-13(12)17-4/h6-9H,5,10-11,15H2,1-4H3. The van der Waals surface area contributed by atoms with Crippen LogP contribution in [0.25, 0.3) is 0 Å². The van der Waals surface area contributed by atoms with Crippen LogP contribution in [0.5, 0.6) is 5.75 Å². The molecule has 1 rings (SSSR count). The molecule has 0 radical (unpaired) electrons. The van der Waals surface area contributed by atoms with Gasteiger partial charge in [0.05, 0.1) is 7.11 Å². The molecule has 2 N–H and O–H groups in total. The van der Waals surface area contributed by atoms with Gasteiger partial charge in [-0.1, -0.05) is 25.1 Å². The van der Waals surface area contributed by atoms with E-state index in [-0.39, 0.29) is 5.54 Å². The normalized spacial score (nSPS) is 11.9. The van der Waals surface area contributed by atoms with Gasteiger partial charge >= 0.3 is 0 Å². The van der Waals surface area contributed by atoms with Crippen LogP contribution < -0.4 is 10.5 Å². The molecule has 0 aromatic heterocycles. The molecule has 0 heterocycles. The fraction of sp³-hybridized carbons (Fsp3) is 0.571. The Morgan fingerprint density at radius 1 is 1.29 bits per heavy atom. The largest absolute Gasteiger partial charge is 0.496 e. The zero-order valence-corrected chi connectivity index (χ0v) is 11.4. The minimum Gasteiger partial charge on any atom is -0.496 e. The van der Waals surface area contributed by atoms with Gasteiger partial charge in [0.1, 0.15) is 5.75 Å². The Hall–Kier alpha value is -1.06. The SMILES string of the molecule is CCN(Cc1ccccc1OC)C(C)(C)CN. The number of rotatable bonds is 6. The molecule has 0 spiro atoms. The van der Waals surface area contributed by atoms with Gasteiger partial charge in [-0.25, -0.2) is 0 Å². The summed E-state index contributed by atoms with van der Waals surface area (Å²) in [6, 6.07) is 8.14. The van der Waals surface area contributed by atoms with Crippen molar-refractivity contribution in [2.75, 3.05) is 20.2 Å². The Morgan fingerprint density at radius 2 is 1.94 bits per heavy atom. The van der Waals surface area contributed by atoms with Crippen molar-refractivity contribution in [3.8, 4) is 5.75 Å². The van der Waals surface area contributed by atoms with Gasteiger partial charge in [-0.15, -0.1) is 0 Å². The molecule has 0 saturated heterocycles. The molecular weight excluding hydrogens is 212 g/mol. The van der Waals surface area contributed by atoms with Crippen LogP contribution in [-0.2, 0) is 6.54 Å². The lowest BCUT2D eigenvalue weighted by Crippen LogP contribution is -2.48. The monoisotopic (exact) mass is 236 g/mol. The lowest BCUT2D eigenvalue weighted by molar-refractivity contribution is 0.124. The predicted molar refractivity (Wildman–Crippen MR) is 72.2 cm³/mol. The summed E-state index contributed by atoms with van der Waals surface area (Å²) < 4.78 is 5.38. The molecule has 17 heavy (non-hydrogen) atoms. The molecule has 0 fully saturated rings. The van der Waals surface area contributed by atoms with E-state index in [0.717, 1.165) is 18.8 Å². The third kappa shape index (κ3) is 3.45. The summed E-state index contributed by atoms with van der Waals surface area (Å²) in [6.45, 7) is 8.99. The number of para-hydroxylation sites is 1. The summed E-state index contributed by atoms with van der Waals surface area (Å²) in [5.41, 5.74) is 7.05. The number of ether oxygens (including phenoxy) is 1. The van der Waals surface area contributed by atoms with Gasteiger partial charge in [-0.3, -0.25) is 4.90 Å². The zero-order chi connectivity index (χ0) is 12.9. The second kappa shape index (κ2) is 6.03. The maximum Gasteiger partial charge on any atom is 0.123 e. The Morgan fingerprint density at radius 3 is 2.47 bits per heavy atom. The highest BCUT2D eigenvalue weighted by molar-refractivity contribution is 5.33. The molecule has 96 valence electrons. The molecule has 0 aliphatic heterocycles. The van der Waals surface area contributed by atoms with Crippen molar-refractivity contribution in [3.63, 3.8) is 0 Å². The number of hydrogen-bond donors (Lipinski definition) is 1. The van der Waals surface area contributed by atoms with Crippen LogP contribution in [0.15, 0.2) is 24.3 Å². The fourth-order valence-electron chi connectivity index (χ4n) is 1.92. The highest BCUT2D eigenvalue weighted by Crippen LogP contribution is 2.23. The van der Waals surface area contributed by atoms with Crippen LogP contribution in [0.2, 0.25) is 0 Å². The average Bonchev–Trinajstić information content (AvgIpc) is 2.36. The Kier molecular flexibility index (Phi) is 4.97. The molecule has 0 aliphatic carbocycles. The van der Waals surface area contributed by atoms with E-state index < -0.39 is 0 Å². The minimum absolute atomic E-state index is 0.00953. The number of nitrogens with two attached hydrogens (primary N) is 1. The van der Waals surface area contributed by atoms with E-state index in [9.17, 15) is 0 Å². The van der Waals surface area contributed by atoms with Crippen LogP contribution in [0, 0.1) is 0 Å². The van der Waals surface area contributed by atoms with Gasteiger partial charge < -0.3 is 10.5 Å². The van der Waals surface area contributed by atoms with Crippen molar-refractivity contribution < 1.29 is 4.74 Å². The predicted octanol–water partition coefficient (Wildman–Crippen LogP) is 2.25. The van der Waals surface area contributed by atoms with Crippen molar-refractivity contribution in [2.24, 2.45) is 5.73 Å². The van der Waals surface area contributed by atoms with Crippen LogP contribution in [0.4, 0.5) is 0 Å². The van der Waals surface area contributed by atoms with E-state index in [2.05, 4.69) is 31.7 Å². The maximum atomic E-state index is 5.83. The first kappa shape index (κ1) is 14.0.